The highest BCUT2D eigenvalue weighted by Crippen LogP contribution is 2.42. The van der Waals surface area contributed by atoms with Crippen molar-refractivity contribution < 1.29 is 33.4 Å². The number of likely N-dealkylation sites (N-methyl/N-ethyl adjacent to an activating group) is 1. The molecule has 1 saturated carbocycles. The molecular formula is C36H37ClN4O7. The number of aryl methyl sites for hydroxylation is 1. The highest BCUT2D eigenvalue weighted by molar-refractivity contribution is 6.32. The summed E-state index contributed by atoms with van der Waals surface area (Å²) in [6.45, 7) is 3.46. The first-order chi connectivity index (χ1) is 23.2. The lowest BCUT2D eigenvalue weighted by Crippen LogP contribution is -2.45. The van der Waals surface area contributed by atoms with Gasteiger partial charge in [0.05, 0.1) is 29.6 Å². The number of benzene rings is 2. The fraction of sp³-hybridized carbons (Fsp3) is 0.333. The summed E-state index contributed by atoms with van der Waals surface area (Å²) >= 11 is 6.66. The number of carbonyl (C=O) groups excluding carboxylic acids is 3. The molecule has 0 bridgehead atoms. The van der Waals surface area contributed by atoms with Gasteiger partial charge in [0.1, 0.15) is 35.0 Å². The summed E-state index contributed by atoms with van der Waals surface area (Å²) in [7, 11) is 1.65. The van der Waals surface area contributed by atoms with Crippen LogP contribution in [0.1, 0.15) is 40.9 Å². The maximum absolute atomic E-state index is 14.0. The molecule has 11 nitrogen and oxygen atoms in total. The molecule has 1 aliphatic heterocycles. The van der Waals surface area contributed by atoms with Crippen LogP contribution in [-0.2, 0) is 14.3 Å². The fourth-order valence-corrected chi connectivity index (χ4v) is 5.88. The van der Waals surface area contributed by atoms with Gasteiger partial charge in [-0.15, -0.1) is 0 Å². The lowest BCUT2D eigenvalue weighted by molar-refractivity contribution is -0.126. The summed E-state index contributed by atoms with van der Waals surface area (Å²) in [6.07, 6.45) is 8.58. The van der Waals surface area contributed by atoms with Gasteiger partial charge >= 0.3 is 0 Å². The van der Waals surface area contributed by atoms with Crippen LogP contribution in [0.15, 0.2) is 65.4 Å². The van der Waals surface area contributed by atoms with E-state index in [4.69, 9.17) is 30.6 Å². The minimum atomic E-state index is -0.505. The van der Waals surface area contributed by atoms with Crippen LogP contribution in [0, 0.1) is 6.92 Å². The molecule has 0 unspecified atom stereocenters. The Morgan fingerprint density at radius 3 is 2.67 bits per heavy atom. The molecule has 2 amide bonds. The molecule has 0 atom stereocenters. The van der Waals surface area contributed by atoms with Gasteiger partial charge in [-0.2, -0.15) is 0 Å². The van der Waals surface area contributed by atoms with E-state index in [1.54, 1.807) is 42.4 Å². The molecule has 6 rings (SSSR count). The smallest absolute Gasteiger partial charge is 0.263 e. The van der Waals surface area contributed by atoms with Crippen LogP contribution in [0.4, 0.5) is 11.4 Å². The number of ether oxygens (including phenoxy) is 2. The monoisotopic (exact) mass is 672 g/mol. The Labute approximate surface area is 283 Å². The van der Waals surface area contributed by atoms with Crippen LogP contribution in [0.2, 0.25) is 5.02 Å². The van der Waals surface area contributed by atoms with E-state index in [2.05, 4.69) is 16.0 Å². The highest BCUT2D eigenvalue weighted by atomic mass is 35.5. The van der Waals surface area contributed by atoms with Crippen LogP contribution < -0.4 is 14.5 Å². The maximum Gasteiger partial charge on any atom is 0.263 e. The molecule has 48 heavy (non-hydrogen) atoms. The minimum Gasteiger partial charge on any atom is -0.456 e. The van der Waals surface area contributed by atoms with Gasteiger partial charge in [-0.1, -0.05) is 23.7 Å². The van der Waals surface area contributed by atoms with Crippen LogP contribution in [0.3, 0.4) is 0 Å². The first kappa shape index (κ1) is 33.2. The van der Waals surface area contributed by atoms with E-state index < -0.39 is 6.61 Å². The number of rotatable bonds is 13. The first-order valence-electron chi connectivity index (χ1n) is 15.9. The van der Waals surface area contributed by atoms with E-state index in [1.807, 2.05) is 25.1 Å². The number of aromatic nitrogens is 1. The average Bonchev–Trinajstić information content (AvgIpc) is 3.90. The zero-order valence-electron chi connectivity index (χ0n) is 26.9. The van der Waals surface area contributed by atoms with Crippen molar-refractivity contribution in [2.24, 2.45) is 0 Å². The molecule has 1 N–H and O–H groups in total. The van der Waals surface area contributed by atoms with Gasteiger partial charge in [0.25, 0.3) is 5.91 Å². The van der Waals surface area contributed by atoms with E-state index in [0.29, 0.717) is 52.6 Å². The number of nitrogens with zero attached hydrogens (tertiary/aromatic N) is 4. The number of hydrogen-bond donors (Lipinski definition) is 1. The summed E-state index contributed by atoms with van der Waals surface area (Å²) in [6, 6.07) is 13.6. The summed E-state index contributed by atoms with van der Waals surface area (Å²) in [5, 5.41) is 9.81. The second kappa shape index (κ2) is 14.6. The standard InChI is InChI=1S/C36H37ClN4O7/c1-23-26-19-34(28(37)20-33(26)47-31(23)9-10-35(44)39(2)16-18-46-17-12-25(43)22-42)48-32-11-13-38-21-27(32)36(45)41-15-14-40(24-7-8-24)29-5-3-4-6-30(29)41/h3-6,9-11,13,19-21,24,42H,7-8,12,14-18,22H2,1-2H3/b10-9+. The number of furan rings is 1. The molecule has 2 aromatic carbocycles. The zero-order chi connectivity index (χ0) is 33.8. The number of carbonyl (C=O) groups is 3. The summed E-state index contributed by atoms with van der Waals surface area (Å²) in [5.74, 6) is 0.417. The summed E-state index contributed by atoms with van der Waals surface area (Å²) in [4.78, 5) is 47.7. The number of halogens is 1. The van der Waals surface area contributed by atoms with Crippen LogP contribution >= 0.6 is 11.6 Å². The normalized spacial score (nSPS) is 14.4. The van der Waals surface area contributed by atoms with Crippen molar-refractivity contribution in [1.82, 2.24) is 9.88 Å². The van der Waals surface area contributed by atoms with E-state index in [0.717, 1.165) is 28.9 Å². The third-order valence-corrected chi connectivity index (χ3v) is 8.86. The summed E-state index contributed by atoms with van der Waals surface area (Å²) < 4.78 is 17.7. The Hall–Kier alpha value is -4.71. The molecule has 4 aromatic rings. The van der Waals surface area contributed by atoms with Gasteiger partial charge in [0.15, 0.2) is 5.78 Å². The number of aliphatic hydroxyl groups is 1. The molecule has 2 aromatic heterocycles. The molecule has 3 heterocycles. The topological polar surface area (TPSA) is 126 Å². The van der Waals surface area contributed by atoms with E-state index in [1.165, 1.54) is 30.0 Å². The Morgan fingerprint density at radius 1 is 1.10 bits per heavy atom. The number of amides is 2. The van der Waals surface area contributed by atoms with Crippen LogP contribution in [0.5, 0.6) is 11.5 Å². The van der Waals surface area contributed by atoms with E-state index >= 15 is 0 Å². The number of anilines is 2. The SMILES string of the molecule is Cc1c(/C=C/C(=O)N(C)CCOCCC(=O)CO)oc2cc(Cl)c(Oc3ccncc3C(=O)N3CCN(C4CC4)c4ccccc43)cc12. The van der Waals surface area contributed by atoms with Crippen molar-refractivity contribution in [3.05, 3.63) is 82.8 Å². The first-order valence-corrected chi connectivity index (χ1v) is 16.3. The fourth-order valence-electron chi connectivity index (χ4n) is 5.69. The number of para-hydroxylation sites is 2. The molecule has 1 fully saturated rings. The van der Waals surface area contributed by atoms with Gasteiger partial charge in [0.2, 0.25) is 5.91 Å². The van der Waals surface area contributed by atoms with Crippen LogP contribution in [0.25, 0.3) is 17.0 Å². The number of fused-ring (bicyclic) bond motifs is 2. The van der Waals surface area contributed by atoms with Crippen molar-refractivity contribution in [2.75, 3.05) is 56.3 Å². The van der Waals surface area contributed by atoms with E-state index in [-0.39, 0.29) is 37.2 Å². The maximum atomic E-state index is 14.0. The van der Waals surface area contributed by atoms with Crippen molar-refractivity contribution in [2.45, 2.75) is 32.2 Å². The van der Waals surface area contributed by atoms with Gasteiger partial charge in [-0.3, -0.25) is 19.4 Å². The lowest BCUT2D eigenvalue weighted by atomic mass is 10.1. The molecule has 2 aliphatic rings. The molecule has 1 aliphatic carbocycles. The van der Waals surface area contributed by atoms with Crippen molar-refractivity contribution >= 4 is 57.6 Å². The third kappa shape index (κ3) is 7.23. The molecule has 250 valence electrons. The molecule has 0 spiro atoms. The highest BCUT2D eigenvalue weighted by Gasteiger charge is 2.36. The third-order valence-electron chi connectivity index (χ3n) is 8.56. The average molecular weight is 673 g/mol. The number of pyridine rings is 1. The van der Waals surface area contributed by atoms with Crippen molar-refractivity contribution in [1.29, 1.82) is 0 Å². The number of ketones is 1. The predicted molar refractivity (Wildman–Crippen MR) is 183 cm³/mol. The van der Waals surface area contributed by atoms with Gasteiger partial charge < -0.3 is 33.7 Å². The van der Waals surface area contributed by atoms with Gasteiger partial charge in [0, 0.05) is 74.6 Å². The molecule has 0 saturated heterocycles. The van der Waals surface area contributed by atoms with Gasteiger partial charge in [-0.05, 0) is 50.1 Å². The van der Waals surface area contributed by atoms with Crippen LogP contribution in [-0.4, -0.2) is 85.1 Å². The van der Waals surface area contributed by atoms with Crippen molar-refractivity contribution in [3.63, 3.8) is 0 Å². The number of aliphatic hydroxyl groups excluding tert-OH is 1. The molecular weight excluding hydrogens is 636 g/mol. The molecule has 0 radical (unpaired) electrons. The Kier molecular flexibility index (Phi) is 10.1. The summed E-state index contributed by atoms with van der Waals surface area (Å²) in [5.41, 5.74) is 3.56. The number of hydrogen-bond acceptors (Lipinski definition) is 9. The van der Waals surface area contributed by atoms with Crippen molar-refractivity contribution in [3.8, 4) is 11.5 Å². The zero-order valence-corrected chi connectivity index (χ0v) is 27.6. The predicted octanol–water partition coefficient (Wildman–Crippen LogP) is 5.65. The largest absolute Gasteiger partial charge is 0.456 e. The lowest BCUT2D eigenvalue weighted by Gasteiger charge is -2.38. The minimum absolute atomic E-state index is 0.130. The van der Waals surface area contributed by atoms with Gasteiger partial charge in [-0.25, -0.2) is 0 Å². The number of Topliss-reactive ketones (excluding diaryl/α,β-unsaturated/α-hetero) is 1. The van der Waals surface area contributed by atoms with E-state index in [9.17, 15) is 14.4 Å². The molecule has 12 heteroatoms. The Bertz CT molecular complexity index is 1870. The quantitative estimate of drug-likeness (QED) is 0.142. The Morgan fingerprint density at radius 2 is 1.90 bits per heavy atom. The Balaban J connectivity index is 1.16. The second-order valence-electron chi connectivity index (χ2n) is 11.9. The second-order valence-corrected chi connectivity index (χ2v) is 12.3.